The minimum atomic E-state index is -3.10. The molecule has 1 unspecified atom stereocenters. The van der Waals surface area contributed by atoms with Gasteiger partial charge in [-0.1, -0.05) is 60.7 Å². The lowest BCUT2D eigenvalue weighted by Gasteiger charge is -2.22. The normalized spacial score (nSPS) is 14.2. The SMILES string of the molecule is CN(C)CP(=O)(O)CCP(c1ccccc1)c1ccccc1. The Kier molecular flexibility index (Phi) is 6.35. The molecule has 22 heavy (non-hydrogen) atoms. The summed E-state index contributed by atoms with van der Waals surface area (Å²) in [6.45, 7) is 0. The highest BCUT2D eigenvalue weighted by Crippen LogP contribution is 2.45. The molecule has 0 aliphatic rings. The second kappa shape index (κ2) is 8.04. The number of hydrogen-bond donors (Lipinski definition) is 1. The molecule has 2 rings (SSSR count). The summed E-state index contributed by atoms with van der Waals surface area (Å²) in [6.07, 6.45) is 1.35. The molecule has 0 aliphatic heterocycles. The summed E-state index contributed by atoms with van der Waals surface area (Å²) in [4.78, 5) is 11.9. The third-order valence-corrected chi connectivity index (χ3v) is 8.11. The van der Waals surface area contributed by atoms with Crippen LogP contribution >= 0.6 is 15.3 Å². The van der Waals surface area contributed by atoms with Crippen LogP contribution in [0.4, 0.5) is 0 Å². The summed E-state index contributed by atoms with van der Waals surface area (Å²) in [7, 11) is -0.0254. The Morgan fingerprint density at radius 2 is 1.41 bits per heavy atom. The van der Waals surface area contributed by atoms with Gasteiger partial charge in [-0.2, -0.15) is 0 Å². The summed E-state index contributed by atoms with van der Waals surface area (Å²) >= 11 is 0. The second-order valence-corrected chi connectivity index (χ2v) is 10.4. The van der Waals surface area contributed by atoms with Crippen molar-refractivity contribution in [1.29, 1.82) is 0 Å². The van der Waals surface area contributed by atoms with Crippen LogP contribution in [0.25, 0.3) is 0 Å². The van der Waals surface area contributed by atoms with E-state index in [9.17, 15) is 9.46 Å². The molecule has 0 heterocycles. The van der Waals surface area contributed by atoms with E-state index in [0.717, 1.165) is 6.16 Å². The molecule has 0 fully saturated rings. The molecule has 0 radical (unpaired) electrons. The highest BCUT2D eigenvalue weighted by atomic mass is 31.2. The number of hydrogen-bond acceptors (Lipinski definition) is 2. The molecule has 3 nitrogen and oxygen atoms in total. The number of nitrogens with zero attached hydrogens (tertiary/aromatic N) is 1. The largest absolute Gasteiger partial charge is 0.343 e. The first-order valence-electron chi connectivity index (χ1n) is 7.31. The summed E-state index contributed by atoms with van der Waals surface area (Å²) in [6, 6.07) is 20.6. The van der Waals surface area contributed by atoms with Crippen molar-refractivity contribution in [3.63, 3.8) is 0 Å². The zero-order chi connectivity index (χ0) is 16.0. The van der Waals surface area contributed by atoms with Gasteiger partial charge in [0.25, 0.3) is 0 Å². The topological polar surface area (TPSA) is 40.5 Å². The minimum absolute atomic E-state index is 0.250. The van der Waals surface area contributed by atoms with E-state index < -0.39 is 15.3 Å². The van der Waals surface area contributed by atoms with E-state index in [1.165, 1.54) is 10.6 Å². The molecule has 1 atom stereocenters. The predicted molar refractivity (Wildman–Crippen MR) is 97.2 cm³/mol. The van der Waals surface area contributed by atoms with Crippen LogP contribution in [-0.4, -0.2) is 42.5 Å². The minimum Gasteiger partial charge on any atom is -0.343 e. The Morgan fingerprint density at radius 1 is 0.955 bits per heavy atom. The second-order valence-electron chi connectivity index (χ2n) is 5.61. The molecule has 1 N–H and O–H groups in total. The monoisotopic (exact) mass is 335 g/mol. The highest BCUT2D eigenvalue weighted by molar-refractivity contribution is 7.73. The smallest absolute Gasteiger partial charge is 0.214 e. The molecular weight excluding hydrogens is 312 g/mol. The van der Waals surface area contributed by atoms with Crippen molar-refractivity contribution in [2.45, 2.75) is 0 Å². The fourth-order valence-electron chi connectivity index (χ4n) is 2.39. The molecule has 0 amide bonds. The third-order valence-electron chi connectivity index (χ3n) is 3.31. The van der Waals surface area contributed by atoms with Gasteiger partial charge < -0.3 is 9.79 Å². The lowest BCUT2D eigenvalue weighted by Crippen LogP contribution is -2.19. The molecule has 0 bridgehead atoms. The first-order valence-corrected chi connectivity index (χ1v) is 10.9. The Hall–Kier alpha value is -0.980. The van der Waals surface area contributed by atoms with Crippen molar-refractivity contribution < 1.29 is 9.46 Å². The molecule has 0 saturated carbocycles. The van der Waals surface area contributed by atoms with Gasteiger partial charge in [0.15, 0.2) is 0 Å². The van der Waals surface area contributed by atoms with Gasteiger partial charge in [0, 0.05) is 6.16 Å². The van der Waals surface area contributed by atoms with Crippen molar-refractivity contribution in [3.8, 4) is 0 Å². The van der Waals surface area contributed by atoms with Crippen LogP contribution in [-0.2, 0) is 4.57 Å². The van der Waals surface area contributed by atoms with Crippen molar-refractivity contribution in [2.24, 2.45) is 0 Å². The molecule has 5 heteroatoms. The Bertz CT molecular complexity index is 578. The average Bonchev–Trinajstić information content (AvgIpc) is 2.48. The number of rotatable bonds is 7. The van der Waals surface area contributed by atoms with E-state index in [0.29, 0.717) is 6.16 Å². The quantitative estimate of drug-likeness (QED) is 0.791. The van der Waals surface area contributed by atoms with E-state index in [4.69, 9.17) is 0 Å². The standard InChI is InChI=1S/C17H23NO2P2/c1-18(2)15-22(19,20)14-13-21(16-9-5-3-6-10-16)17-11-7-4-8-12-17/h3-12H,13-15H2,1-2H3,(H,19,20). The van der Waals surface area contributed by atoms with Crippen LogP contribution in [0.3, 0.4) is 0 Å². The Morgan fingerprint density at radius 3 is 1.82 bits per heavy atom. The zero-order valence-electron chi connectivity index (χ0n) is 13.1. The predicted octanol–water partition coefficient (Wildman–Crippen LogP) is 2.91. The summed E-state index contributed by atoms with van der Waals surface area (Å²) < 4.78 is 12.3. The van der Waals surface area contributed by atoms with E-state index >= 15 is 0 Å². The molecule has 0 aromatic heterocycles. The van der Waals surface area contributed by atoms with Crippen molar-refractivity contribution >= 4 is 25.9 Å². The Labute approximate surface area is 134 Å². The summed E-state index contributed by atoms with van der Waals surface area (Å²) in [5.74, 6) is 0. The zero-order valence-corrected chi connectivity index (χ0v) is 14.9. The summed E-state index contributed by atoms with van der Waals surface area (Å²) in [5, 5.41) is 2.52. The average molecular weight is 335 g/mol. The molecule has 118 valence electrons. The lowest BCUT2D eigenvalue weighted by molar-refractivity contribution is 0.415. The Balaban J connectivity index is 2.18. The molecule has 0 saturated heterocycles. The van der Waals surface area contributed by atoms with E-state index in [-0.39, 0.29) is 6.29 Å². The van der Waals surface area contributed by atoms with Crippen LogP contribution in [0.15, 0.2) is 60.7 Å². The van der Waals surface area contributed by atoms with Gasteiger partial charge in [-0.3, -0.25) is 4.57 Å². The maximum Gasteiger partial charge on any atom is 0.214 e. The van der Waals surface area contributed by atoms with E-state index in [1.807, 2.05) is 50.5 Å². The fourth-order valence-corrected chi connectivity index (χ4v) is 7.35. The van der Waals surface area contributed by atoms with Gasteiger partial charge in [-0.15, -0.1) is 0 Å². The van der Waals surface area contributed by atoms with Crippen LogP contribution < -0.4 is 10.6 Å². The van der Waals surface area contributed by atoms with E-state index in [2.05, 4.69) is 24.3 Å². The van der Waals surface area contributed by atoms with Gasteiger partial charge in [0.1, 0.15) is 0 Å². The van der Waals surface area contributed by atoms with Crippen LogP contribution in [0.5, 0.6) is 0 Å². The highest BCUT2D eigenvalue weighted by Gasteiger charge is 2.22. The van der Waals surface area contributed by atoms with Gasteiger partial charge in [0.2, 0.25) is 7.37 Å². The van der Waals surface area contributed by atoms with Crippen molar-refractivity contribution in [2.75, 3.05) is 32.7 Å². The fraction of sp³-hybridized carbons (Fsp3) is 0.294. The van der Waals surface area contributed by atoms with Crippen LogP contribution in [0.1, 0.15) is 0 Å². The van der Waals surface area contributed by atoms with Gasteiger partial charge >= 0.3 is 0 Å². The first kappa shape index (κ1) is 17.4. The molecule has 0 aliphatic carbocycles. The van der Waals surface area contributed by atoms with Crippen LogP contribution in [0, 0.1) is 0 Å². The maximum absolute atomic E-state index is 12.3. The lowest BCUT2D eigenvalue weighted by atomic mass is 10.4. The molecule has 2 aromatic carbocycles. The molecule has 0 spiro atoms. The van der Waals surface area contributed by atoms with Gasteiger partial charge in [0.05, 0.1) is 6.29 Å². The summed E-state index contributed by atoms with van der Waals surface area (Å²) in [5.41, 5.74) is 0. The maximum atomic E-state index is 12.3. The number of benzene rings is 2. The van der Waals surface area contributed by atoms with Crippen LogP contribution in [0.2, 0.25) is 0 Å². The first-order chi connectivity index (χ1) is 10.5. The van der Waals surface area contributed by atoms with E-state index in [1.54, 1.807) is 4.90 Å². The van der Waals surface area contributed by atoms with Gasteiger partial charge in [-0.25, -0.2) is 0 Å². The third kappa shape index (κ3) is 5.34. The van der Waals surface area contributed by atoms with Gasteiger partial charge in [-0.05, 0) is 38.8 Å². The molecular formula is C17H23NO2P2. The van der Waals surface area contributed by atoms with Crippen molar-refractivity contribution in [3.05, 3.63) is 60.7 Å². The molecule has 2 aromatic rings. The van der Waals surface area contributed by atoms with Crippen molar-refractivity contribution in [1.82, 2.24) is 4.90 Å².